The standard InChI is InChI=1S/C19H19N3O/c20-14-5-1-12(2-6-14)19(13-3-7-15(21)8-4-13)17-10-9-16(22)11-18(17)23/h1-11,19,23H,20-22H2. The summed E-state index contributed by atoms with van der Waals surface area (Å²) in [5.41, 5.74) is 22.1. The summed E-state index contributed by atoms with van der Waals surface area (Å²) in [4.78, 5) is 0. The van der Waals surface area contributed by atoms with Crippen LogP contribution in [0.3, 0.4) is 0 Å². The van der Waals surface area contributed by atoms with Crippen LogP contribution in [0.5, 0.6) is 5.75 Å². The van der Waals surface area contributed by atoms with Crippen LogP contribution in [0.2, 0.25) is 0 Å². The number of hydrogen-bond acceptors (Lipinski definition) is 4. The van der Waals surface area contributed by atoms with Crippen molar-refractivity contribution in [1.82, 2.24) is 0 Å². The molecule has 3 rings (SSSR count). The maximum absolute atomic E-state index is 10.4. The summed E-state index contributed by atoms with van der Waals surface area (Å²) in [6, 6.07) is 20.5. The van der Waals surface area contributed by atoms with E-state index in [1.54, 1.807) is 12.1 Å². The van der Waals surface area contributed by atoms with E-state index in [1.807, 2.05) is 54.6 Å². The van der Waals surface area contributed by atoms with Gasteiger partial charge in [0.25, 0.3) is 0 Å². The Morgan fingerprint density at radius 3 is 1.48 bits per heavy atom. The van der Waals surface area contributed by atoms with Crippen LogP contribution < -0.4 is 17.2 Å². The van der Waals surface area contributed by atoms with E-state index >= 15 is 0 Å². The Kier molecular flexibility index (Phi) is 3.81. The van der Waals surface area contributed by atoms with Crippen molar-refractivity contribution in [2.45, 2.75) is 5.92 Å². The molecule has 0 aliphatic heterocycles. The molecular formula is C19H19N3O. The van der Waals surface area contributed by atoms with E-state index in [1.165, 1.54) is 0 Å². The molecule has 0 unspecified atom stereocenters. The van der Waals surface area contributed by atoms with Gasteiger partial charge in [-0.25, -0.2) is 0 Å². The van der Waals surface area contributed by atoms with Crippen molar-refractivity contribution in [3.63, 3.8) is 0 Å². The Bertz CT molecular complexity index is 766. The van der Waals surface area contributed by atoms with Gasteiger partial charge in [-0.1, -0.05) is 30.3 Å². The van der Waals surface area contributed by atoms with Crippen LogP contribution in [0, 0.1) is 0 Å². The molecule has 7 N–H and O–H groups in total. The molecule has 0 aliphatic carbocycles. The first-order valence-electron chi connectivity index (χ1n) is 7.34. The molecule has 0 amide bonds. The highest BCUT2D eigenvalue weighted by Gasteiger charge is 2.20. The lowest BCUT2D eigenvalue weighted by molar-refractivity contribution is 0.467. The maximum Gasteiger partial charge on any atom is 0.121 e. The Labute approximate surface area is 135 Å². The van der Waals surface area contributed by atoms with Crippen LogP contribution in [-0.4, -0.2) is 5.11 Å². The first kappa shape index (κ1) is 14.8. The lowest BCUT2D eigenvalue weighted by Crippen LogP contribution is -2.05. The van der Waals surface area contributed by atoms with Gasteiger partial charge in [0, 0.05) is 34.6 Å². The van der Waals surface area contributed by atoms with Crippen molar-refractivity contribution in [3.8, 4) is 5.75 Å². The van der Waals surface area contributed by atoms with Gasteiger partial charge in [0.1, 0.15) is 5.75 Å². The van der Waals surface area contributed by atoms with E-state index in [9.17, 15) is 5.11 Å². The van der Waals surface area contributed by atoms with E-state index < -0.39 is 0 Å². The van der Waals surface area contributed by atoms with Gasteiger partial charge in [-0.2, -0.15) is 0 Å². The molecule has 0 fully saturated rings. The van der Waals surface area contributed by atoms with Gasteiger partial charge in [0.15, 0.2) is 0 Å². The number of phenols is 1. The highest BCUT2D eigenvalue weighted by molar-refractivity contribution is 5.56. The molecule has 0 spiro atoms. The second kappa shape index (κ2) is 5.93. The fraction of sp³-hybridized carbons (Fsp3) is 0.0526. The van der Waals surface area contributed by atoms with Crippen molar-refractivity contribution in [2.24, 2.45) is 0 Å². The molecule has 0 heterocycles. The molecule has 0 atom stereocenters. The molecular weight excluding hydrogens is 286 g/mol. The highest BCUT2D eigenvalue weighted by atomic mass is 16.3. The van der Waals surface area contributed by atoms with Crippen molar-refractivity contribution < 1.29 is 5.11 Å². The zero-order valence-corrected chi connectivity index (χ0v) is 12.6. The van der Waals surface area contributed by atoms with Crippen LogP contribution in [0.25, 0.3) is 0 Å². The molecule has 0 bridgehead atoms. The molecule has 3 aromatic rings. The van der Waals surface area contributed by atoms with Gasteiger partial charge >= 0.3 is 0 Å². The van der Waals surface area contributed by atoms with Crippen LogP contribution in [-0.2, 0) is 0 Å². The highest BCUT2D eigenvalue weighted by Crippen LogP contribution is 2.38. The van der Waals surface area contributed by atoms with Crippen LogP contribution in [0.1, 0.15) is 22.6 Å². The summed E-state index contributed by atoms with van der Waals surface area (Å²) in [5, 5.41) is 10.4. The van der Waals surface area contributed by atoms with Crippen molar-refractivity contribution in [3.05, 3.63) is 83.4 Å². The Balaban J connectivity index is 2.16. The quantitative estimate of drug-likeness (QED) is 0.440. The van der Waals surface area contributed by atoms with Gasteiger partial charge in [-0.15, -0.1) is 0 Å². The number of anilines is 3. The number of phenolic OH excluding ortho intramolecular Hbond substituents is 1. The summed E-state index contributed by atoms with van der Waals surface area (Å²) in [5.74, 6) is 0.0421. The summed E-state index contributed by atoms with van der Waals surface area (Å²) in [6.45, 7) is 0. The third kappa shape index (κ3) is 3.06. The Morgan fingerprint density at radius 1 is 0.609 bits per heavy atom. The van der Waals surface area contributed by atoms with Crippen molar-refractivity contribution >= 4 is 17.1 Å². The minimum Gasteiger partial charge on any atom is -0.508 e. The van der Waals surface area contributed by atoms with Gasteiger partial charge in [-0.05, 0) is 41.5 Å². The van der Waals surface area contributed by atoms with Gasteiger partial charge in [0.05, 0.1) is 0 Å². The number of benzene rings is 3. The molecule has 3 aromatic carbocycles. The zero-order chi connectivity index (χ0) is 16.4. The predicted molar refractivity (Wildman–Crippen MR) is 95.2 cm³/mol. The SMILES string of the molecule is Nc1ccc(C(c2ccc(N)cc2)c2ccc(N)cc2O)cc1. The van der Waals surface area contributed by atoms with Gasteiger partial charge < -0.3 is 22.3 Å². The average Bonchev–Trinajstić information content (AvgIpc) is 2.53. The van der Waals surface area contributed by atoms with E-state index in [0.717, 1.165) is 16.7 Å². The number of nitrogens with two attached hydrogens (primary N) is 3. The van der Waals surface area contributed by atoms with E-state index in [-0.39, 0.29) is 11.7 Å². The third-order valence-corrected chi connectivity index (χ3v) is 3.91. The summed E-state index contributed by atoms with van der Waals surface area (Å²) in [7, 11) is 0. The summed E-state index contributed by atoms with van der Waals surface area (Å²) < 4.78 is 0. The lowest BCUT2D eigenvalue weighted by atomic mass is 9.84. The topological polar surface area (TPSA) is 98.3 Å². The minimum atomic E-state index is -0.128. The van der Waals surface area contributed by atoms with Gasteiger partial charge in [-0.3, -0.25) is 0 Å². The maximum atomic E-state index is 10.4. The Hall–Kier alpha value is -3.14. The fourth-order valence-corrected chi connectivity index (χ4v) is 2.73. The zero-order valence-electron chi connectivity index (χ0n) is 12.6. The lowest BCUT2D eigenvalue weighted by Gasteiger charge is -2.20. The summed E-state index contributed by atoms with van der Waals surface area (Å²) in [6.07, 6.45) is 0. The first-order valence-corrected chi connectivity index (χ1v) is 7.34. The summed E-state index contributed by atoms with van der Waals surface area (Å²) >= 11 is 0. The molecule has 4 heteroatoms. The normalized spacial score (nSPS) is 10.8. The van der Waals surface area contributed by atoms with Crippen LogP contribution >= 0.6 is 0 Å². The monoisotopic (exact) mass is 305 g/mol. The molecule has 0 saturated carbocycles. The number of aromatic hydroxyl groups is 1. The van der Waals surface area contributed by atoms with Crippen LogP contribution in [0.15, 0.2) is 66.7 Å². The second-order valence-corrected chi connectivity index (χ2v) is 5.58. The van der Waals surface area contributed by atoms with Gasteiger partial charge in [0.2, 0.25) is 0 Å². The van der Waals surface area contributed by atoms with Crippen molar-refractivity contribution in [1.29, 1.82) is 0 Å². The van der Waals surface area contributed by atoms with E-state index in [4.69, 9.17) is 17.2 Å². The van der Waals surface area contributed by atoms with Crippen molar-refractivity contribution in [2.75, 3.05) is 17.2 Å². The van der Waals surface area contributed by atoms with Crippen LogP contribution in [0.4, 0.5) is 17.1 Å². The molecule has 23 heavy (non-hydrogen) atoms. The second-order valence-electron chi connectivity index (χ2n) is 5.58. The third-order valence-electron chi connectivity index (χ3n) is 3.91. The van der Waals surface area contributed by atoms with E-state index in [0.29, 0.717) is 17.1 Å². The molecule has 0 aromatic heterocycles. The molecule has 0 aliphatic rings. The molecule has 116 valence electrons. The average molecular weight is 305 g/mol. The molecule has 4 nitrogen and oxygen atoms in total. The molecule has 0 radical (unpaired) electrons. The fourth-order valence-electron chi connectivity index (χ4n) is 2.73. The number of nitrogen functional groups attached to an aromatic ring is 3. The van der Waals surface area contributed by atoms with E-state index in [2.05, 4.69) is 0 Å². The number of rotatable bonds is 3. The first-order chi connectivity index (χ1) is 11.0. The number of hydrogen-bond donors (Lipinski definition) is 4. The smallest absolute Gasteiger partial charge is 0.121 e. The minimum absolute atomic E-state index is 0.128. The predicted octanol–water partition coefficient (Wildman–Crippen LogP) is 3.32. The molecule has 0 saturated heterocycles. The largest absolute Gasteiger partial charge is 0.508 e. The Morgan fingerprint density at radius 2 is 1.04 bits per heavy atom.